The van der Waals surface area contributed by atoms with Crippen LogP contribution in [0.1, 0.15) is 58.3 Å². The average molecular weight is 520 g/mol. The van der Waals surface area contributed by atoms with Gasteiger partial charge in [-0.15, -0.1) is 0 Å². The number of aryl methyl sites for hydroxylation is 1. The lowest BCUT2D eigenvalue weighted by atomic mass is 10.1. The van der Waals surface area contributed by atoms with Crippen molar-refractivity contribution in [1.82, 2.24) is 5.32 Å². The van der Waals surface area contributed by atoms with Crippen molar-refractivity contribution in [2.75, 3.05) is 16.8 Å². The van der Waals surface area contributed by atoms with Crippen LogP contribution in [0.15, 0.2) is 103 Å². The van der Waals surface area contributed by atoms with Gasteiger partial charge in [0.05, 0.1) is 6.61 Å². The van der Waals surface area contributed by atoms with Gasteiger partial charge in [-0.2, -0.15) is 0 Å². The summed E-state index contributed by atoms with van der Waals surface area (Å²) in [6.07, 6.45) is 1.33. The molecule has 0 saturated carbocycles. The molecule has 2 amide bonds. The third-order valence-corrected chi connectivity index (χ3v) is 6.90. The van der Waals surface area contributed by atoms with Crippen LogP contribution in [0.2, 0.25) is 0 Å². The van der Waals surface area contributed by atoms with Gasteiger partial charge in [-0.1, -0.05) is 54.6 Å². The number of fused-ring (bicyclic) bond motifs is 1. The van der Waals surface area contributed by atoms with Gasteiger partial charge in [0.1, 0.15) is 11.9 Å². The molecule has 0 saturated heterocycles. The summed E-state index contributed by atoms with van der Waals surface area (Å²) >= 11 is 0. The first-order valence-electron chi connectivity index (χ1n) is 13.4. The highest BCUT2D eigenvalue weighted by molar-refractivity contribution is 6.11. The highest BCUT2D eigenvalue weighted by Gasteiger charge is 2.37. The quantitative estimate of drug-likeness (QED) is 0.247. The molecule has 1 aliphatic heterocycles. The Bertz CT molecular complexity index is 1440. The highest BCUT2D eigenvalue weighted by Crippen LogP contribution is 2.38. The average Bonchev–Trinajstić information content (AvgIpc) is 3.24. The van der Waals surface area contributed by atoms with Crippen molar-refractivity contribution in [2.45, 2.75) is 38.9 Å². The van der Waals surface area contributed by atoms with Gasteiger partial charge in [-0.25, -0.2) is 0 Å². The van der Waals surface area contributed by atoms with Gasteiger partial charge in [0.15, 0.2) is 0 Å². The van der Waals surface area contributed by atoms with Gasteiger partial charge in [0, 0.05) is 34.1 Å². The zero-order valence-electron chi connectivity index (χ0n) is 22.3. The Morgan fingerprint density at radius 1 is 0.923 bits per heavy atom. The van der Waals surface area contributed by atoms with E-state index < -0.39 is 6.17 Å². The van der Waals surface area contributed by atoms with Gasteiger partial charge in [-0.3, -0.25) is 14.5 Å². The van der Waals surface area contributed by atoms with Crippen LogP contribution in [-0.4, -0.2) is 24.5 Å². The summed E-state index contributed by atoms with van der Waals surface area (Å²) in [5, 5.41) is 6.62. The second-order valence-corrected chi connectivity index (χ2v) is 9.72. The highest BCUT2D eigenvalue weighted by atomic mass is 16.5. The van der Waals surface area contributed by atoms with E-state index in [1.807, 2.05) is 105 Å². The summed E-state index contributed by atoms with van der Waals surface area (Å²) in [7, 11) is 0. The van der Waals surface area contributed by atoms with E-state index in [0.29, 0.717) is 17.7 Å². The Kier molecular flexibility index (Phi) is 7.92. The Balaban J connectivity index is 1.32. The Hall–Kier alpha value is -4.58. The van der Waals surface area contributed by atoms with Crippen molar-refractivity contribution in [1.29, 1.82) is 0 Å². The molecule has 2 atom stereocenters. The first kappa shape index (κ1) is 26.0. The van der Waals surface area contributed by atoms with Crippen molar-refractivity contribution in [3.05, 3.63) is 125 Å². The van der Waals surface area contributed by atoms with E-state index in [1.54, 1.807) is 4.90 Å². The third-order valence-electron chi connectivity index (χ3n) is 6.90. The van der Waals surface area contributed by atoms with Gasteiger partial charge >= 0.3 is 0 Å². The maximum atomic E-state index is 13.5. The number of hydrogen-bond donors (Lipinski definition) is 2. The molecule has 6 nitrogen and oxygen atoms in total. The fourth-order valence-electron chi connectivity index (χ4n) is 4.91. The maximum absolute atomic E-state index is 13.5. The molecule has 5 rings (SSSR count). The summed E-state index contributed by atoms with van der Waals surface area (Å²) in [6.45, 7) is 4.54. The predicted molar refractivity (Wildman–Crippen MR) is 155 cm³/mol. The summed E-state index contributed by atoms with van der Waals surface area (Å²) in [6, 6.07) is 32.9. The second kappa shape index (κ2) is 11.9. The molecule has 2 N–H and O–H groups in total. The number of carbonyl (C=O) groups excluding carboxylic acids is 2. The fraction of sp³-hybridized carbons (Fsp3) is 0.212. The van der Waals surface area contributed by atoms with Crippen LogP contribution in [0.3, 0.4) is 0 Å². The molecule has 0 bridgehead atoms. The van der Waals surface area contributed by atoms with E-state index >= 15 is 0 Å². The number of anilines is 2. The van der Waals surface area contributed by atoms with E-state index in [-0.39, 0.29) is 17.9 Å². The van der Waals surface area contributed by atoms with E-state index in [2.05, 4.69) is 22.8 Å². The zero-order chi connectivity index (χ0) is 27.2. The largest absolute Gasteiger partial charge is 0.494 e. The number of amides is 2. The normalized spacial score (nSPS) is 15.0. The van der Waals surface area contributed by atoms with Crippen molar-refractivity contribution < 1.29 is 14.3 Å². The van der Waals surface area contributed by atoms with Crippen molar-refractivity contribution in [2.24, 2.45) is 0 Å². The summed E-state index contributed by atoms with van der Waals surface area (Å²) in [5.41, 5.74) is 4.89. The molecule has 6 heteroatoms. The van der Waals surface area contributed by atoms with Crippen LogP contribution in [0.25, 0.3) is 0 Å². The monoisotopic (exact) mass is 519 g/mol. The van der Waals surface area contributed by atoms with Crippen LogP contribution < -0.4 is 20.3 Å². The number of ether oxygens (including phenoxy) is 1. The van der Waals surface area contributed by atoms with Crippen LogP contribution in [0.4, 0.5) is 11.4 Å². The molecule has 1 aliphatic rings. The van der Waals surface area contributed by atoms with Crippen LogP contribution in [-0.2, 0) is 6.42 Å². The molecular formula is C33H33N3O3. The van der Waals surface area contributed by atoms with Crippen LogP contribution >= 0.6 is 0 Å². The first-order valence-corrected chi connectivity index (χ1v) is 13.4. The maximum Gasteiger partial charge on any atom is 0.260 e. The molecule has 0 spiro atoms. The molecule has 4 aromatic rings. The van der Waals surface area contributed by atoms with Gasteiger partial charge in [-0.05, 0) is 80.8 Å². The van der Waals surface area contributed by atoms with Gasteiger partial charge < -0.3 is 15.4 Å². The molecule has 39 heavy (non-hydrogen) atoms. The lowest BCUT2D eigenvalue weighted by molar-refractivity contribution is 0.0937. The van der Waals surface area contributed by atoms with E-state index in [4.69, 9.17) is 4.74 Å². The SMILES string of the molecule is CCOc1ccc(N2C(=O)c3ccccc3C2Nc2cccc(C(=O)NC(C)CCc3ccccc3)c2)cc1. The molecule has 0 radical (unpaired) electrons. The number of nitrogens with zero attached hydrogens (tertiary/aromatic N) is 1. The third kappa shape index (κ3) is 5.96. The summed E-state index contributed by atoms with van der Waals surface area (Å²) < 4.78 is 5.58. The van der Waals surface area contributed by atoms with Crippen molar-refractivity contribution in [3.8, 4) is 5.75 Å². The summed E-state index contributed by atoms with van der Waals surface area (Å²) in [5.74, 6) is 0.561. The van der Waals surface area contributed by atoms with Crippen molar-refractivity contribution in [3.63, 3.8) is 0 Å². The Morgan fingerprint density at radius 2 is 1.67 bits per heavy atom. The minimum atomic E-state index is -0.422. The van der Waals surface area contributed by atoms with E-state index in [0.717, 1.165) is 35.5 Å². The standard InChI is InChI=1S/C33H33N3O3/c1-3-39-28-20-18-27(19-21-28)36-31(29-14-7-8-15-30(29)33(36)38)35-26-13-9-12-25(22-26)32(37)34-23(2)16-17-24-10-5-4-6-11-24/h4-15,18-23,31,35H,3,16-17H2,1-2H3,(H,34,37). The number of benzene rings is 4. The van der Waals surface area contributed by atoms with Gasteiger partial charge in [0.2, 0.25) is 0 Å². The number of rotatable bonds is 10. The molecular weight excluding hydrogens is 486 g/mol. The molecule has 2 unspecified atom stereocenters. The lowest BCUT2D eigenvalue weighted by Crippen LogP contribution is -2.33. The van der Waals surface area contributed by atoms with Crippen molar-refractivity contribution >= 4 is 23.2 Å². The lowest BCUT2D eigenvalue weighted by Gasteiger charge is -2.27. The second-order valence-electron chi connectivity index (χ2n) is 9.72. The number of nitrogens with one attached hydrogen (secondary N) is 2. The molecule has 1 heterocycles. The zero-order valence-corrected chi connectivity index (χ0v) is 22.3. The molecule has 0 aliphatic carbocycles. The molecule has 0 aromatic heterocycles. The Labute approximate surface area is 229 Å². The Morgan fingerprint density at radius 3 is 2.44 bits per heavy atom. The van der Waals surface area contributed by atoms with Crippen LogP contribution in [0.5, 0.6) is 5.75 Å². The summed E-state index contributed by atoms with van der Waals surface area (Å²) in [4.78, 5) is 28.3. The minimum Gasteiger partial charge on any atom is -0.494 e. The molecule has 0 fully saturated rings. The van der Waals surface area contributed by atoms with Crippen LogP contribution in [0, 0.1) is 0 Å². The number of hydrogen-bond acceptors (Lipinski definition) is 4. The van der Waals surface area contributed by atoms with E-state index in [1.165, 1.54) is 5.56 Å². The predicted octanol–water partition coefficient (Wildman–Crippen LogP) is 6.61. The minimum absolute atomic E-state index is 0.0313. The fourth-order valence-corrected chi connectivity index (χ4v) is 4.91. The molecule has 4 aromatic carbocycles. The number of carbonyl (C=O) groups is 2. The topological polar surface area (TPSA) is 70.7 Å². The van der Waals surface area contributed by atoms with Gasteiger partial charge in [0.25, 0.3) is 11.8 Å². The molecule has 198 valence electrons. The smallest absolute Gasteiger partial charge is 0.260 e. The van der Waals surface area contributed by atoms with E-state index in [9.17, 15) is 9.59 Å². The first-order chi connectivity index (χ1) is 19.0.